The summed E-state index contributed by atoms with van der Waals surface area (Å²) >= 11 is 6.29. The molecule has 0 amide bonds. The molecule has 0 bridgehead atoms. The van der Waals surface area contributed by atoms with Crippen LogP contribution in [0.15, 0.2) is 29.4 Å². The van der Waals surface area contributed by atoms with Gasteiger partial charge in [0.1, 0.15) is 0 Å². The Hall–Kier alpha value is -1.68. The number of hydrogen-bond acceptors (Lipinski definition) is 2. The second-order valence-electron chi connectivity index (χ2n) is 6.66. The molecule has 1 aromatic carbocycles. The van der Waals surface area contributed by atoms with Gasteiger partial charge in [-0.2, -0.15) is 0 Å². The lowest BCUT2D eigenvalue weighted by Gasteiger charge is -2.39. The van der Waals surface area contributed by atoms with E-state index in [4.69, 9.17) is 23.1 Å². The van der Waals surface area contributed by atoms with Crippen LogP contribution in [0.4, 0.5) is 0 Å². The molecule has 23 heavy (non-hydrogen) atoms. The molecule has 0 spiro atoms. The maximum atomic E-state index is 6.29. The third kappa shape index (κ3) is 4.20. The Kier molecular flexibility index (Phi) is 5.58. The third-order valence-corrected chi connectivity index (χ3v) is 5.49. The number of benzene rings is 1. The summed E-state index contributed by atoms with van der Waals surface area (Å²) in [4.78, 5) is 6.47. The summed E-state index contributed by atoms with van der Waals surface area (Å²) in [5, 5.41) is 0.659. The Morgan fingerprint density at radius 3 is 2.61 bits per heavy atom. The fraction of sp³-hybridized carbons (Fsp3) is 0.500. The monoisotopic (exact) mass is 334 g/mol. The summed E-state index contributed by atoms with van der Waals surface area (Å²) in [6.45, 7) is 8.43. The number of aryl methyl sites for hydroxylation is 1. The van der Waals surface area contributed by atoms with E-state index in [-0.39, 0.29) is 0 Å². The number of aliphatic imine (C=N–C) groups is 1. The van der Waals surface area contributed by atoms with Gasteiger partial charge in [0.25, 0.3) is 0 Å². The molecule has 1 aliphatic heterocycles. The Morgan fingerprint density at radius 1 is 1.35 bits per heavy atom. The van der Waals surface area contributed by atoms with Crippen LogP contribution in [-0.4, -0.2) is 23.9 Å². The van der Waals surface area contributed by atoms with Crippen LogP contribution >= 0.6 is 11.6 Å². The summed E-state index contributed by atoms with van der Waals surface area (Å²) in [5.41, 5.74) is 15.0. The van der Waals surface area contributed by atoms with Crippen LogP contribution in [0.1, 0.15) is 44.2 Å². The predicted molar refractivity (Wildman–Crippen MR) is 99.2 cm³/mol. The van der Waals surface area contributed by atoms with Crippen molar-refractivity contribution < 1.29 is 0 Å². The quantitative estimate of drug-likeness (QED) is 0.653. The van der Waals surface area contributed by atoms with Crippen LogP contribution in [0.25, 0.3) is 5.70 Å². The minimum Gasteiger partial charge on any atom is -0.397 e. The summed E-state index contributed by atoms with van der Waals surface area (Å²) < 4.78 is 0. The van der Waals surface area contributed by atoms with E-state index in [0.717, 1.165) is 37.1 Å². The Morgan fingerprint density at radius 2 is 2.00 bits per heavy atom. The highest BCUT2D eigenvalue weighted by Gasteiger charge is 2.28. The van der Waals surface area contributed by atoms with Crippen molar-refractivity contribution in [2.45, 2.75) is 40.0 Å². The van der Waals surface area contributed by atoms with Gasteiger partial charge in [-0.15, -0.1) is 0 Å². The standard InChI is InChI=1S/C18H27ClN4/c1-4-18(3)8-10-23(11-9-18)17(21)22-12-15(20)14-7-5-6-13(2)16(14)19/h5-7,12H,4,8-11,20H2,1-3H3,(H2,21,22)/b15-12-. The summed E-state index contributed by atoms with van der Waals surface area (Å²) in [6.07, 6.45) is 5.09. The lowest BCUT2D eigenvalue weighted by atomic mass is 9.78. The number of rotatable bonds is 3. The van der Waals surface area contributed by atoms with Crippen molar-refractivity contribution in [2.75, 3.05) is 13.1 Å². The molecule has 5 heteroatoms. The van der Waals surface area contributed by atoms with Gasteiger partial charge < -0.3 is 16.4 Å². The van der Waals surface area contributed by atoms with Gasteiger partial charge >= 0.3 is 0 Å². The molecule has 1 saturated heterocycles. The van der Waals surface area contributed by atoms with Gasteiger partial charge in [0, 0.05) is 18.7 Å². The molecular weight excluding hydrogens is 308 g/mol. The number of halogens is 1. The molecule has 1 heterocycles. The maximum Gasteiger partial charge on any atom is 0.195 e. The molecule has 0 aromatic heterocycles. The zero-order chi connectivity index (χ0) is 17.0. The Bertz CT molecular complexity index is 613. The molecule has 0 unspecified atom stereocenters. The maximum absolute atomic E-state index is 6.29. The molecule has 1 aromatic rings. The predicted octanol–water partition coefficient (Wildman–Crippen LogP) is 3.73. The second-order valence-corrected chi connectivity index (χ2v) is 7.04. The second kappa shape index (κ2) is 7.26. The highest BCUT2D eigenvalue weighted by atomic mass is 35.5. The van der Waals surface area contributed by atoms with Crippen molar-refractivity contribution >= 4 is 23.3 Å². The first-order chi connectivity index (χ1) is 10.9. The number of nitrogens with zero attached hydrogens (tertiary/aromatic N) is 2. The number of hydrogen-bond donors (Lipinski definition) is 2. The van der Waals surface area contributed by atoms with Gasteiger partial charge in [-0.3, -0.25) is 0 Å². The van der Waals surface area contributed by atoms with Crippen LogP contribution in [0.3, 0.4) is 0 Å². The first kappa shape index (κ1) is 17.7. The summed E-state index contributed by atoms with van der Waals surface area (Å²) in [7, 11) is 0. The van der Waals surface area contributed by atoms with Gasteiger partial charge in [-0.25, -0.2) is 4.99 Å². The number of piperidine rings is 1. The van der Waals surface area contributed by atoms with Gasteiger partial charge in [-0.1, -0.05) is 50.1 Å². The highest BCUT2D eigenvalue weighted by molar-refractivity contribution is 6.33. The molecule has 4 N–H and O–H groups in total. The minimum atomic E-state index is 0.431. The summed E-state index contributed by atoms with van der Waals surface area (Å²) in [5.74, 6) is 0.523. The van der Waals surface area contributed by atoms with E-state index in [1.165, 1.54) is 6.42 Å². The van der Waals surface area contributed by atoms with Crippen molar-refractivity contribution in [3.05, 3.63) is 40.5 Å². The lowest BCUT2D eigenvalue weighted by Crippen LogP contribution is -2.45. The zero-order valence-corrected chi connectivity index (χ0v) is 15.0. The van der Waals surface area contributed by atoms with Crippen LogP contribution in [-0.2, 0) is 0 Å². The van der Waals surface area contributed by atoms with E-state index in [2.05, 4.69) is 23.7 Å². The van der Waals surface area contributed by atoms with Crippen LogP contribution < -0.4 is 11.5 Å². The van der Waals surface area contributed by atoms with Crippen LogP contribution in [0.5, 0.6) is 0 Å². The van der Waals surface area contributed by atoms with Crippen molar-refractivity contribution in [3.8, 4) is 0 Å². The Labute approximate surface area is 144 Å². The Balaban J connectivity index is 2.08. The molecule has 0 aliphatic carbocycles. The molecule has 0 atom stereocenters. The van der Waals surface area contributed by atoms with Gasteiger partial charge in [0.2, 0.25) is 0 Å². The molecule has 0 saturated carbocycles. The van der Waals surface area contributed by atoms with E-state index < -0.39 is 0 Å². The molecule has 126 valence electrons. The van der Waals surface area contributed by atoms with E-state index in [9.17, 15) is 0 Å². The topological polar surface area (TPSA) is 67.6 Å². The molecule has 2 rings (SSSR count). The highest BCUT2D eigenvalue weighted by Crippen LogP contribution is 2.33. The number of nitrogens with two attached hydrogens (primary N) is 2. The summed E-state index contributed by atoms with van der Waals surface area (Å²) in [6, 6.07) is 5.77. The van der Waals surface area contributed by atoms with E-state index in [1.807, 2.05) is 25.1 Å². The van der Waals surface area contributed by atoms with Crippen LogP contribution in [0, 0.1) is 12.3 Å². The first-order valence-electron chi connectivity index (χ1n) is 8.15. The average Bonchev–Trinajstić information content (AvgIpc) is 2.55. The minimum absolute atomic E-state index is 0.431. The van der Waals surface area contributed by atoms with Crippen LogP contribution in [0.2, 0.25) is 5.02 Å². The molecule has 4 nitrogen and oxygen atoms in total. The molecule has 1 fully saturated rings. The third-order valence-electron chi connectivity index (χ3n) is 4.99. The van der Waals surface area contributed by atoms with Crippen molar-refractivity contribution in [3.63, 3.8) is 0 Å². The fourth-order valence-corrected chi connectivity index (χ4v) is 3.02. The first-order valence-corrected chi connectivity index (χ1v) is 8.53. The van der Waals surface area contributed by atoms with Crippen molar-refractivity contribution in [2.24, 2.45) is 21.9 Å². The number of guanidine groups is 1. The number of likely N-dealkylation sites (tertiary alicyclic amines) is 1. The van der Waals surface area contributed by atoms with Gasteiger partial charge in [0.05, 0.1) is 16.9 Å². The normalized spacial score (nSPS) is 19.0. The fourth-order valence-electron chi connectivity index (χ4n) is 2.79. The average molecular weight is 335 g/mol. The largest absolute Gasteiger partial charge is 0.397 e. The van der Waals surface area contributed by atoms with E-state index in [1.54, 1.807) is 6.20 Å². The molecule has 0 radical (unpaired) electrons. The lowest BCUT2D eigenvalue weighted by molar-refractivity contribution is 0.161. The van der Waals surface area contributed by atoms with Gasteiger partial charge in [-0.05, 0) is 30.7 Å². The van der Waals surface area contributed by atoms with Crippen molar-refractivity contribution in [1.29, 1.82) is 0 Å². The van der Waals surface area contributed by atoms with E-state index >= 15 is 0 Å². The zero-order valence-electron chi connectivity index (χ0n) is 14.3. The SMILES string of the molecule is CCC1(C)CCN(C(N)=N/C=C(\N)c2cccc(C)c2Cl)CC1. The van der Waals surface area contributed by atoms with Gasteiger partial charge in [0.15, 0.2) is 5.96 Å². The van der Waals surface area contributed by atoms with Crippen molar-refractivity contribution in [1.82, 2.24) is 4.90 Å². The van der Waals surface area contributed by atoms with E-state index in [0.29, 0.717) is 22.1 Å². The smallest absolute Gasteiger partial charge is 0.195 e. The molecule has 1 aliphatic rings. The molecular formula is C18H27ClN4.